The largest absolute Gasteiger partial charge is 0.369 e. The summed E-state index contributed by atoms with van der Waals surface area (Å²) in [5.74, 6) is 1.84. The Morgan fingerprint density at radius 1 is 1.47 bits per heavy atom. The van der Waals surface area contributed by atoms with E-state index in [9.17, 15) is 8.42 Å². The normalized spacial score (nSPS) is 22.2. The highest BCUT2D eigenvalue weighted by Gasteiger charge is 2.29. The Kier molecular flexibility index (Phi) is 4.24. The van der Waals surface area contributed by atoms with E-state index in [2.05, 4.69) is 22.2 Å². The highest BCUT2D eigenvalue weighted by molar-refractivity contribution is 7.91. The van der Waals surface area contributed by atoms with Crippen molar-refractivity contribution in [3.8, 4) is 0 Å². The maximum atomic E-state index is 11.6. The van der Waals surface area contributed by atoms with Crippen LogP contribution in [0.25, 0.3) is 0 Å². The molecule has 2 heterocycles. The van der Waals surface area contributed by atoms with Gasteiger partial charge in [0.25, 0.3) is 0 Å². The number of nitrogens with zero attached hydrogens (tertiary/aromatic N) is 3. The Hall–Kier alpha value is -1.37. The summed E-state index contributed by atoms with van der Waals surface area (Å²) in [6.45, 7) is 5.32. The summed E-state index contributed by atoms with van der Waals surface area (Å²) in [5.41, 5.74) is 0. The van der Waals surface area contributed by atoms with E-state index in [0.29, 0.717) is 6.54 Å². The quantitative estimate of drug-likeness (QED) is 0.886. The molecule has 1 N–H and O–H groups in total. The molecule has 1 aliphatic heterocycles. The molecule has 1 aliphatic rings. The first-order valence-electron chi connectivity index (χ1n) is 6.55. The van der Waals surface area contributed by atoms with E-state index in [-0.39, 0.29) is 17.5 Å². The molecule has 1 unspecified atom stereocenters. The van der Waals surface area contributed by atoms with Crippen LogP contribution >= 0.6 is 0 Å². The molecule has 19 heavy (non-hydrogen) atoms. The van der Waals surface area contributed by atoms with Crippen LogP contribution in [0.1, 0.15) is 20.3 Å². The Morgan fingerprint density at radius 2 is 2.26 bits per heavy atom. The molecule has 2 rings (SSSR count). The summed E-state index contributed by atoms with van der Waals surface area (Å²) in [7, 11) is -2.90. The van der Waals surface area contributed by atoms with Crippen LogP contribution in [-0.4, -0.2) is 49.0 Å². The summed E-state index contributed by atoms with van der Waals surface area (Å²) in [6.07, 6.45) is 4.39. The molecule has 0 saturated carbocycles. The van der Waals surface area contributed by atoms with Gasteiger partial charge in [0.2, 0.25) is 0 Å². The van der Waals surface area contributed by atoms with Crippen molar-refractivity contribution < 1.29 is 8.42 Å². The molecule has 1 fully saturated rings. The summed E-state index contributed by atoms with van der Waals surface area (Å²) in [5, 5.41) is 3.19. The van der Waals surface area contributed by atoms with Crippen molar-refractivity contribution in [2.24, 2.45) is 0 Å². The zero-order valence-corrected chi connectivity index (χ0v) is 12.2. The van der Waals surface area contributed by atoms with E-state index in [0.717, 1.165) is 24.6 Å². The molecule has 0 bridgehead atoms. The van der Waals surface area contributed by atoms with E-state index < -0.39 is 9.84 Å². The first-order valence-corrected chi connectivity index (χ1v) is 8.37. The number of nitrogens with one attached hydrogen (secondary N) is 1. The predicted octanol–water partition coefficient (Wildman–Crippen LogP) is 0.922. The third-order valence-corrected chi connectivity index (χ3v) is 4.94. The highest BCUT2D eigenvalue weighted by Crippen LogP contribution is 2.20. The average molecular weight is 284 g/mol. The maximum Gasteiger partial charge on any atom is 0.154 e. The second-order valence-corrected chi connectivity index (χ2v) is 7.07. The van der Waals surface area contributed by atoms with Crippen LogP contribution in [0.2, 0.25) is 0 Å². The third-order valence-electron chi connectivity index (χ3n) is 3.14. The van der Waals surface area contributed by atoms with Gasteiger partial charge in [0.1, 0.15) is 11.6 Å². The molecule has 1 aromatic heterocycles. The maximum absolute atomic E-state index is 11.6. The smallest absolute Gasteiger partial charge is 0.154 e. The van der Waals surface area contributed by atoms with Crippen LogP contribution in [0, 0.1) is 0 Å². The number of sulfone groups is 1. The number of anilines is 2. The lowest BCUT2D eigenvalue weighted by Gasteiger charge is -2.33. The zero-order chi connectivity index (χ0) is 13.9. The number of aromatic nitrogens is 2. The minimum atomic E-state index is -2.90. The number of hydrogen-bond donors (Lipinski definition) is 1. The standard InChI is InChI=1S/C12H20N4O2S/c1-3-4-14-11-7-13-8-12(15-11)16-5-6-19(17,18)9-10(16)2/h7-8,10H,3-6,9H2,1-2H3,(H,14,15). The molecule has 0 amide bonds. The minimum Gasteiger partial charge on any atom is -0.369 e. The van der Waals surface area contributed by atoms with Crippen LogP contribution in [-0.2, 0) is 9.84 Å². The molecule has 0 aromatic carbocycles. The van der Waals surface area contributed by atoms with Gasteiger partial charge in [0.15, 0.2) is 9.84 Å². The SMILES string of the molecule is CCCNc1cncc(N2CCS(=O)(=O)CC2C)n1. The topological polar surface area (TPSA) is 75.2 Å². The van der Waals surface area contributed by atoms with Gasteiger partial charge in [0, 0.05) is 19.1 Å². The second-order valence-electron chi connectivity index (χ2n) is 4.85. The fraction of sp³-hybridized carbons (Fsp3) is 0.667. The van der Waals surface area contributed by atoms with Crippen LogP contribution < -0.4 is 10.2 Å². The summed E-state index contributed by atoms with van der Waals surface area (Å²) < 4.78 is 23.1. The van der Waals surface area contributed by atoms with Gasteiger partial charge in [-0.3, -0.25) is 4.98 Å². The van der Waals surface area contributed by atoms with Gasteiger partial charge in [-0.25, -0.2) is 13.4 Å². The van der Waals surface area contributed by atoms with Crippen molar-refractivity contribution in [3.05, 3.63) is 12.4 Å². The Balaban J connectivity index is 2.13. The lowest BCUT2D eigenvalue weighted by atomic mass is 10.3. The summed E-state index contributed by atoms with van der Waals surface area (Å²) in [6, 6.07) is -0.0607. The number of rotatable bonds is 4. The Morgan fingerprint density at radius 3 is 2.95 bits per heavy atom. The molecule has 0 radical (unpaired) electrons. The van der Waals surface area contributed by atoms with Gasteiger partial charge < -0.3 is 10.2 Å². The fourth-order valence-corrected chi connectivity index (χ4v) is 3.73. The van der Waals surface area contributed by atoms with Crippen molar-refractivity contribution in [3.63, 3.8) is 0 Å². The molecular formula is C12H20N4O2S. The van der Waals surface area contributed by atoms with Gasteiger partial charge in [-0.05, 0) is 13.3 Å². The molecule has 1 atom stereocenters. The number of hydrogen-bond acceptors (Lipinski definition) is 6. The Labute approximate surface area is 114 Å². The van der Waals surface area contributed by atoms with Gasteiger partial charge in [-0.2, -0.15) is 0 Å². The first kappa shape index (κ1) is 14.0. The molecule has 0 aliphatic carbocycles. The average Bonchev–Trinajstić information content (AvgIpc) is 2.35. The first-order chi connectivity index (χ1) is 9.02. The van der Waals surface area contributed by atoms with E-state index in [1.54, 1.807) is 12.4 Å². The fourth-order valence-electron chi connectivity index (χ4n) is 2.17. The second kappa shape index (κ2) is 5.73. The van der Waals surface area contributed by atoms with E-state index >= 15 is 0 Å². The van der Waals surface area contributed by atoms with Crippen LogP contribution in [0.3, 0.4) is 0 Å². The lowest BCUT2D eigenvalue weighted by Crippen LogP contribution is -2.47. The van der Waals surface area contributed by atoms with E-state index in [4.69, 9.17) is 0 Å². The molecule has 1 saturated heterocycles. The molecule has 1 aromatic rings. The van der Waals surface area contributed by atoms with Crippen LogP contribution in [0.4, 0.5) is 11.6 Å². The van der Waals surface area contributed by atoms with Crippen molar-refractivity contribution in [2.75, 3.05) is 34.8 Å². The lowest BCUT2D eigenvalue weighted by molar-refractivity contribution is 0.566. The summed E-state index contributed by atoms with van der Waals surface area (Å²) >= 11 is 0. The van der Waals surface area contributed by atoms with Crippen molar-refractivity contribution >= 4 is 21.5 Å². The Bertz CT molecular complexity index is 532. The van der Waals surface area contributed by atoms with Crippen LogP contribution in [0.5, 0.6) is 0 Å². The zero-order valence-electron chi connectivity index (χ0n) is 11.3. The van der Waals surface area contributed by atoms with E-state index in [1.165, 1.54) is 0 Å². The van der Waals surface area contributed by atoms with E-state index in [1.807, 2.05) is 11.8 Å². The van der Waals surface area contributed by atoms with Gasteiger partial charge in [-0.1, -0.05) is 6.92 Å². The minimum absolute atomic E-state index is 0.0607. The van der Waals surface area contributed by atoms with Gasteiger partial charge in [-0.15, -0.1) is 0 Å². The molecule has 7 heteroatoms. The molecular weight excluding hydrogens is 264 g/mol. The van der Waals surface area contributed by atoms with Crippen molar-refractivity contribution in [1.29, 1.82) is 0 Å². The van der Waals surface area contributed by atoms with Crippen LogP contribution in [0.15, 0.2) is 12.4 Å². The van der Waals surface area contributed by atoms with Crippen molar-refractivity contribution in [2.45, 2.75) is 26.3 Å². The monoisotopic (exact) mass is 284 g/mol. The third kappa shape index (κ3) is 3.56. The highest BCUT2D eigenvalue weighted by atomic mass is 32.2. The molecule has 106 valence electrons. The summed E-state index contributed by atoms with van der Waals surface area (Å²) in [4.78, 5) is 10.7. The van der Waals surface area contributed by atoms with Gasteiger partial charge in [0.05, 0.1) is 23.9 Å². The predicted molar refractivity (Wildman–Crippen MR) is 76.3 cm³/mol. The molecule has 6 nitrogen and oxygen atoms in total. The van der Waals surface area contributed by atoms with Crippen molar-refractivity contribution in [1.82, 2.24) is 9.97 Å². The molecule has 0 spiro atoms. The van der Waals surface area contributed by atoms with Gasteiger partial charge >= 0.3 is 0 Å².